The third kappa shape index (κ3) is 3.01. The molecule has 0 aliphatic carbocycles. The lowest BCUT2D eigenvalue weighted by molar-refractivity contribution is -0.136. The smallest absolute Gasteiger partial charge is 0.307 e. The highest BCUT2D eigenvalue weighted by Gasteiger charge is 2.24. The standard InChI is InChI=1S/C19H14N2O2S2/c22-17(23)12-14-18(15-8-4-10-24-15)20-21(13-6-2-1-3-7-13)19(14)16-9-5-11-25-16/h1-11H,12H2,(H,22,23). The van der Waals surface area contributed by atoms with Gasteiger partial charge in [0.15, 0.2) is 0 Å². The molecule has 4 aromatic rings. The van der Waals surface area contributed by atoms with Crippen LogP contribution in [0.25, 0.3) is 26.8 Å². The third-order valence-corrected chi connectivity index (χ3v) is 5.57. The van der Waals surface area contributed by atoms with Crippen molar-refractivity contribution in [1.29, 1.82) is 0 Å². The minimum Gasteiger partial charge on any atom is -0.481 e. The molecule has 0 unspecified atom stereocenters. The fourth-order valence-electron chi connectivity index (χ4n) is 2.80. The summed E-state index contributed by atoms with van der Waals surface area (Å²) < 4.78 is 1.86. The molecule has 0 spiro atoms. The van der Waals surface area contributed by atoms with E-state index in [1.54, 1.807) is 22.7 Å². The fourth-order valence-corrected chi connectivity index (χ4v) is 4.32. The zero-order valence-electron chi connectivity index (χ0n) is 13.1. The maximum absolute atomic E-state index is 11.5. The van der Waals surface area contributed by atoms with Gasteiger partial charge < -0.3 is 5.11 Å². The number of hydrogen-bond donors (Lipinski definition) is 1. The first-order chi connectivity index (χ1) is 12.2. The molecular weight excluding hydrogens is 352 g/mol. The summed E-state index contributed by atoms with van der Waals surface area (Å²) in [6, 6.07) is 17.7. The lowest BCUT2D eigenvalue weighted by Gasteiger charge is -2.07. The topological polar surface area (TPSA) is 55.1 Å². The third-order valence-electron chi connectivity index (χ3n) is 3.82. The van der Waals surface area contributed by atoms with Crippen molar-refractivity contribution in [3.63, 3.8) is 0 Å². The van der Waals surface area contributed by atoms with Crippen LogP contribution in [0, 0.1) is 0 Å². The summed E-state index contributed by atoms with van der Waals surface area (Å²) >= 11 is 3.15. The van der Waals surface area contributed by atoms with Gasteiger partial charge in [-0.25, -0.2) is 4.68 Å². The quantitative estimate of drug-likeness (QED) is 0.543. The fraction of sp³-hybridized carbons (Fsp3) is 0.0526. The van der Waals surface area contributed by atoms with Crippen molar-refractivity contribution in [2.75, 3.05) is 0 Å². The first kappa shape index (κ1) is 15.8. The first-order valence-electron chi connectivity index (χ1n) is 7.71. The lowest BCUT2D eigenvalue weighted by Crippen LogP contribution is -2.03. The number of carbonyl (C=O) groups is 1. The normalized spacial score (nSPS) is 10.9. The van der Waals surface area contributed by atoms with Gasteiger partial charge >= 0.3 is 5.97 Å². The summed E-state index contributed by atoms with van der Waals surface area (Å²) in [6.45, 7) is 0. The molecule has 0 saturated heterocycles. The van der Waals surface area contributed by atoms with Crippen molar-refractivity contribution < 1.29 is 9.90 Å². The number of para-hydroxylation sites is 1. The Kier molecular flexibility index (Phi) is 4.21. The van der Waals surface area contributed by atoms with Gasteiger partial charge in [0.25, 0.3) is 0 Å². The van der Waals surface area contributed by atoms with Gasteiger partial charge in [-0.3, -0.25) is 4.79 Å². The molecule has 6 heteroatoms. The van der Waals surface area contributed by atoms with Gasteiger partial charge in [-0.2, -0.15) is 5.10 Å². The van der Waals surface area contributed by atoms with Crippen LogP contribution < -0.4 is 0 Å². The maximum Gasteiger partial charge on any atom is 0.307 e. The number of aromatic nitrogens is 2. The van der Waals surface area contributed by atoms with E-state index in [4.69, 9.17) is 5.10 Å². The number of rotatable bonds is 5. The van der Waals surface area contributed by atoms with Gasteiger partial charge in [0.2, 0.25) is 0 Å². The summed E-state index contributed by atoms with van der Waals surface area (Å²) in [5.41, 5.74) is 3.26. The van der Waals surface area contributed by atoms with Gasteiger partial charge in [0.1, 0.15) is 5.69 Å². The van der Waals surface area contributed by atoms with Gasteiger partial charge in [-0.1, -0.05) is 30.3 Å². The number of benzene rings is 1. The van der Waals surface area contributed by atoms with Crippen LogP contribution in [0.1, 0.15) is 5.56 Å². The Hall–Kier alpha value is -2.70. The zero-order valence-corrected chi connectivity index (χ0v) is 14.8. The highest BCUT2D eigenvalue weighted by molar-refractivity contribution is 7.14. The summed E-state index contributed by atoms with van der Waals surface area (Å²) in [6.07, 6.45) is -0.0622. The molecule has 1 aromatic carbocycles. The maximum atomic E-state index is 11.5. The van der Waals surface area contributed by atoms with Crippen molar-refractivity contribution in [2.24, 2.45) is 0 Å². The molecule has 0 radical (unpaired) electrons. The van der Waals surface area contributed by atoms with E-state index in [9.17, 15) is 9.90 Å². The predicted octanol–water partition coefficient (Wildman–Crippen LogP) is 4.96. The molecule has 25 heavy (non-hydrogen) atoms. The van der Waals surface area contributed by atoms with Crippen LogP contribution in [0.15, 0.2) is 65.4 Å². The van der Waals surface area contributed by atoms with E-state index >= 15 is 0 Å². The van der Waals surface area contributed by atoms with Crippen molar-refractivity contribution >= 4 is 28.6 Å². The Bertz CT molecular complexity index is 988. The molecule has 0 bridgehead atoms. The predicted molar refractivity (Wildman–Crippen MR) is 102 cm³/mol. The van der Waals surface area contributed by atoms with E-state index in [-0.39, 0.29) is 6.42 Å². The number of hydrogen-bond acceptors (Lipinski definition) is 4. The van der Waals surface area contributed by atoms with E-state index in [0.29, 0.717) is 0 Å². The van der Waals surface area contributed by atoms with Crippen molar-refractivity contribution in [3.8, 4) is 26.8 Å². The molecule has 4 nitrogen and oxygen atoms in total. The summed E-state index contributed by atoms with van der Waals surface area (Å²) in [4.78, 5) is 13.5. The van der Waals surface area contributed by atoms with E-state index in [1.165, 1.54) is 0 Å². The second-order valence-corrected chi connectivity index (χ2v) is 7.34. The lowest BCUT2D eigenvalue weighted by atomic mass is 10.1. The molecule has 0 aliphatic rings. The number of carboxylic acid groups (broad SMARTS) is 1. The van der Waals surface area contributed by atoms with Gasteiger partial charge in [0.05, 0.1) is 27.6 Å². The van der Waals surface area contributed by atoms with Crippen LogP contribution in [0.3, 0.4) is 0 Å². The molecule has 124 valence electrons. The number of carboxylic acids is 1. The Labute approximate surface area is 152 Å². The molecular formula is C19H14N2O2S2. The number of nitrogens with zero attached hydrogens (tertiary/aromatic N) is 2. The SMILES string of the molecule is O=C(O)Cc1c(-c2cccs2)nn(-c2ccccc2)c1-c1cccs1. The van der Waals surface area contributed by atoms with E-state index < -0.39 is 5.97 Å². The summed E-state index contributed by atoms with van der Waals surface area (Å²) in [5.74, 6) is -0.858. The Morgan fingerprint density at radius 1 is 0.960 bits per heavy atom. The molecule has 3 aromatic heterocycles. The Morgan fingerprint density at radius 2 is 1.64 bits per heavy atom. The minimum atomic E-state index is -0.858. The van der Waals surface area contributed by atoms with Crippen LogP contribution in [0.5, 0.6) is 0 Å². The Balaban J connectivity index is 2.02. The van der Waals surface area contributed by atoms with Crippen molar-refractivity contribution in [1.82, 2.24) is 9.78 Å². The van der Waals surface area contributed by atoms with E-state index in [1.807, 2.05) is 70.0 Å². The van der Waals surface area contributed by atoms with Crippen LogP contribution in [-0.2, 0) is 11.2 Å². The molecule has 0 amide bonds. The number of aliphatic carboxylic acids is 1. The molecule has 0 aliphatic heterocycles. The van der Waals surface area contributed by atoms with Crippen molar-refractivity contribution in [2.45, 2.75) is 6.42 Å². The van der Waals surface area contributed by atoms with Crippen molar-refractivity contribution in [3.05, 3.63) is 70.9 Å². The van der Waals surface area contributed by atoms with E-state index in [2.05, 4.69) is 0 Å². The van der Waals surface area contributed by atoms with Crippen LogP contribution in [0.4, 0.5) is 0 Å². The molecule has 3 heterocycles. The van der Waals surface area contributed by atoms with Gasteiger partial charge in [-0.05, 0) is 35.0 Å². The van der Waals surface area contributed by atoms with E-state index in [0.717, 1.165) is 32.4 Å². The van der Waals surface area contributed by atoms with Gasteiger partial charge in [-0.15, -0.1) is 22.7 Å². The average Bonchev–Trinajstić information content (AvgIpc) is 3.35. The molecule has 4 rings (SSSR count). The molecule has 0 saturated carbocycles. The Morgan fingerprint density at radius 3 is 2.24 bits per heavy atom. The highest BCUT2D eigenvalue weighted by atomic mass is 32.1. The first-order valence-corrected chi connectivity index (χ1v) is 9.47. The molecule has 0 fully saturated rings. The van der Waals surface area contributed by atoms with Crippen LogP contribution >= 0.6 is 22.7 Å². The minimum absolute atomic E-state index is 0.0622. The zero-order chi connectivity index (χ0) is 17.2. The van der Waals surface area contributed by atoms with Crippen LogP contribution in [0.2, 0.25) is 0 Å². The summed E-state index contributed by atoms with van der Waals surface area (Å²) in [5, 5.41) is 18.2. The second-order valence-electron chi connectivity index (χ2n) is 5.45. The van der Waals surface area contributed by atoms with Gasteiger partial charge in [0, 0.05) is 5.56 Å². The monoisotopic (exact) mass is 366 g/mol. The average molecular weight is 366 g/mol. The summed E-state index contributed by atoms with van der Waals surface area (Å²) in [7, 11) is 0. The molecule has 0 atom stereocenters. The second kappa shape index (κ2) is 6.66. The largest absolute Gasteiger partial charge is 0.481 e. The number of thiophene rings is 2. The highest BCUT2D eigenvalue weighted by Crippen LogP contribution is 2.38. The molecule has 1 N–H and O–H groups in total. The van der Waals surface area contributed by atoms with Crippen LogP contribution in [-0.4, -0.2) is 20.9 Å².